The zero-order valence-electron chi connectivity index (χ0n) is 19.6. The highest BCUT2D eigenvalue weighted by molar-refractivity contribution is 7.99. The molecule has 1 N–H and O–H groups in total. The normalized spacial score (nSPS) is 11.9. The first-order valence-corrected chi connectivity index (χ1v) is 13.5. The standard InChI is InChI=1S/C27H30N4OS2/c1-3-20(2)23-13-7-8-14-24(23)28-26(32)19-34-27-30-29-25(18-22-12-9-17-33-22)31(27)16-15-21-10-5-4-6-11-21/h4-14,17,20H,3,15-16,18-19H2,1-2H3,(H,28,32). The fraction of sp³-hybridized carbons (Fsp3) is 0.296. The zero-order valence-corrected chi connectivity index (χ0v) is 21.2. The molecule has 2 heterocycles. The molecule has 2 aromatic heterocycles. The lowest BCUT2D eigenvalue weighted by Gasteiger charge is -2.15. The molecule has 0 saturated carbocycles. The summed E-state index contributed by atoms with van der Waals surface area (Å²) in [6, 6.07) is 22.7. The lowest BCUT2D eigenvalue weighted by molar-refractivity contribution is -0.113. The van der Waals surface area contributed by atoms with Gasteiger partial charge in [0.25, 0.3) is 0 Å². The van der Waals surface area contributed by atoms with Crippen molar-refractivity contribution in [2.45, 2.75) is 50.7 Å². The Morgan fingerprint density at radius 3 is 2.62 bits per heavy atom. The van der Waals surface area contributed by atoms with Crippen LogP contribution in [0.5, 0.6) is 0 Å². The van der Waals surface area contributed by atoms with Gasteiger partial charge in [-0.2, -0.15) is 0 Å². The minimum atomic E-state index is -0.0295. The molecule has 4 aromatic rings. The summed E-state index contributed by atoms with van der Waals surface area (Å²) in [5, 5.41) is 14.9. The van der Waals surface area contributed by atoms with Gasteiger partial charge in [0.1, 0.15) is 5.82 Å². The maximum absolute atomic E-state index is 12.8. The summed E-state index contributed by atoms with van der Waals surface area (Å²) in [6.45, 7) is 5.12. The van der Waals surface area contributed by atoms with Crippen molar-refractivity contribution in [1.29, 1.82) is 0 Å². The SMILES string of the molecule is CCC(C)c1ccccc1NC(=O)CSc1nnc(Cc2cccs2)n1CCc1ccccc1. The Labute approximate surface area is 209 Å². The van der Waals surface area contributed by atoms with Crippen LogP contribution in [0, 0.1) is 0 Å². The molecule has 1 amide bonds. The number of thioether (sulfide) groups is 1. The van der Waals surface area contributed by atoms with Crippen molar-refractivity contribution in [2.75, 3.05) is 11.1 Å². The Morgan fingerprint density at radius 1 is 1.06 bits per heavy atom. The molecule has 176 valence electrons. The van der Waals surface area contributed by atoms with E-state index in [0.29, 0.717) is 5.92 Å². The Morgan fingerprint density at radius 2 is 1.85 bits per heavy atom. The summed E-state index contributed by atoms with van der Waals surface area (Å²) in [4.78, 5) is 14.1. The number of nitrogens with zero attached hydrogens (tertiary/aromatic N) is 3. The Bertz CT molecular complexity index is 1190. The zero-order chi connectivity index (χ0) is 23.8. The fourth-order valence-corrected chi connectivity index (χ4v) is 5.30. The van der Waals surface area contributed by atoms with Crippen molar-refractivity contribution in [2.24, 2.45) is 0 Å². The van der Waals surface area contributed by atoms with E-state index in [1.54, 1.807) is 11.3 Å². The predicted molar refractivity (Wildman–Crippen MR) is 142 cm³/mol. The van der Waals surface area contributed by atoms with E-state index in [0.717, 1.165) is 42.5 Å². The molecule has 0 aliphatic carbocycles. The molecule has 0 spiro atoms. The number of rotatable bonds is 11. The summed E-state index contributed by atoms with van der Waals surface area (Å²) in [5.41, 5.74) is 3.34. The second-order valence-electron chi connectivity index (χ2n) is 8.28. The van der Waals surface area contributed by atoms with E-state index in [9.17, 15) is 4.79 Å². The van der Waals surface area contributed by atoms with Crippen LogP contribution < -0.4 is 5.32 Å². The molecule has 5 nitrogen and oxygen atoms in total. The number of nitrogens with one attached hydrogen (secondary N) is 1. The molecule has 34 heavy (non-hydrogen) atoms. The van der Waals surface area contributed by atoms with Gasteiger partial charge in [-0.3, -0.25) is 4.79 Å². The Hall–Kier alpha value is -2.90. The topological polar surface area (TPSA) is 59.8 Å². The molecule has 1 unspecified atom stereocenters. The number of carbonyl (C=O) groups excluding carboxylic acids is 1. The molecule has 4 rings (SSSR count). The van der Waals surface area contributed by atoms with Crippen LogP contribution in [-0.2, 0) is 24.2 Å². The molecular weight excluding hydrogens is 460 g/mol. The summed E-state index contributed by atoms with van der Waals surface area (Å²) < 4.78 is 2.16. The van der Waals surface area contributed by atoms with Gasteiger partial charge in [0, 0.05) is 23.5 Å². The van der Waals surface area contributed by atoms with Crippen LogP contribution in [0.1, 0.15) is 48.0 Å². The van der Waals surface area contributed by atoms with Gasteiger partial charge >= 0.3 is 0 Å². The van der Waals surface area contributed by atoms with Crippen molar-refractivity contribution in [3.05, 3.63) is 93.9 Å². The van der Waals surface area contributed by atoms with Crippen LogP contribution in [0.25, 0.3) is 0 Å². The maximum Gasteiger partial charge on any atom is 0.234 e. The van der Waals surface area contributed by atoms with Crippen LogP contribution in [-0.4, -0.2) is 26.4 Å². The average molecular weight is 491 g/mol. The number of para-hydroxylation sites is 1. The van der Waals surface area contributed by atoms with Gasteiger partial charge in [-0.1, -0.05) is 80.2 Å². The molecule has 0 saturated heterocycles. The van der Waals surface area contributed by atoms with Gasteiger partial charge < -0.3 is 9.88 Å². The van der Waals surface area contributed by atoms with Gasteiger partial charge in [0.2, 0.25) is 5.91 Å². The first-order valence-electron chi connectivity index (χ1n) is 11.6. The molecule has 0 bridgehead atoms. The molecule has 0 aliphatic heterocycles. The van der Waals surface area contributed by atoms with Crippen molar-refractivity contribution in [1.82, 2.24) is 14.8 Å². The highest BCUT2D eigenvalue weighted by atomic mass is 32.2. The van der Waals surface area contributed by atoms with Crippen molar-refractivity contribution in [3.8, 4) is 0 Å². The minimum Gasteiger partial charge on any atom is -0.325 e. The third-order valence-corrected chi connectivity index (χ3v) is 7.73. The van der Waals surface area contributed by atoms with E-state index < -0.39 is 0 Å². The third-order valence-electron chi connectivity index (χ3n) is 5.88. The van der Waals surface area contributed by atoms with Gasteiger partial charge in [0.05, 0.1) is 5.75 Å². The lowest BCUT2D eigenvalue weighted by Crippen LogP contribution is -2.16. The third kappa shape index (κ3) is 6.36. The van der Waals surface area contributed by atoms with E-state index in [1.165, 1.54) is 27.8 Å². The van der Waals surface area contributed by atoms with Crippen LogP contribution in [0.2, 0.25) is 0 Å². The highest BCUT2D eigenvalue weighted by Gasteiger charge is 2.16. The number of carbonyl (C=O) groups is 1. The van der Waals surface area contributed by atoms with Crippen LogP contribution in [0.4, 0.5) is 5.69 Å². The number of amides is 1. The van der Waals surface area contributed by atoms with Crippen LogP contribution in [0.3, 0.4) is 0 Å². The lowest BCUT2D eigenvalue weighted by atomic mass is 9.97. The van der Waals surface area contributed by atoms with Gasteiger partial charge in [-0.15, -0.1) is 21.5 Å². The Kier molecular flexibility index (Phi) is 8.55. The second-order valence-corrected chi connectivity index (χ2v) is 10.3. The molecule has 0 fully saturated rings. The first-order chi connectivity index (χ1) is 16.6. The van der Waals surface area contributed by atoms with E-state index in [-0.39, 0.29) is 11.7 Å². The van der Waals surface area contributed by atoms with Crippen LogP contribution >= 0.6 is 23.1 Å². The van der Waals surface area contributed by atoms with Crippen LogP contribution in [0.15, 0.2) is 77.3 Å². The summed E-state index contributed by atoms with van der Waals surface area (Å²) in [5.74, 6) is 1.59. The summed E-state index contributed by atoms with van der Waals surface area (Å²) >= 11 is 3.17. The number of thiophene rings is 1. The monoisotopic (exact) mass is 490 g/mol. The van der Waals surface area contributed by atoms with E-state index in [4.69, 9.17) is 0 Å². The molecule has 1 atom stereocenters. The summed E-state index contributed by atoms with van der Waals surface area (Å²) in [7, 11) is 0. The van der Waals surface area contributed by atoms with Crippen molar-refractivity contribution in [3.63, 3.8) is 0 Å². The number of benzene rings is 2. The number of aromatic nitrogens is 3. The maximum atomic E-state index is 12.8. The number of hydrogen-bond acceptors (Lipinski definition) is 5. The largest absolute Gasteiger partial charge is 0.325 e. The van der Waals surface area contributed by atoms with Gasteiger partial charge in [-0.05, 0) is 47.4 Å². The molecule has 0 aliphatic rings. The average Bonchev–Trinajstić information content (AvgIpc) is 3.52. The van der Waals surface area contributed by atoms with E-state index >= 15 is 0 Å². The smallest absolute Gasteiger partial charge is 0.234 e. The quantitative estimate of drug-likeness (QED) is 0.247. The van der Waals surface area contributed by atoms with E-state index in [2.05, 4.69) is 81.8 Å². The van der Waals surface area contributed by atoms with Gasteiger partial charge in [0.15, 0.2) is 5.16 Å². The Balaban J connectivity index is 1.45. The van der Waals surface area contributed by atoms with Crippen molar-refractivity contribution >= 4 is 34.7 Å². The second kappa shape index (κ2) is 12.0. The predicted octanol–water partition coefficient (Wildman–Crippen LogP) is 6.42. The summed E-state index contributed by atoms with van der Waals surface area (Å²) in [6.07, 6.45) is 2.66. The molecule has 0 radical (unpaired) electrons. The minimum absolute atomic E-state index is 0.0295. The fourth-order valence-electron chi connectivity index (χ4n) is 3.81. The molecular formula is C27H30N4OS2. The molecule has 2 aromatic carbocycles. The number of anilines is 1. The molecule has 7 heteroatoms. The van der Waals surface area contributed by atoms with Gasteiger partial charge in [-0.25, -0.2) is 0 Å². The van der Waals surface area contributed by atoms with Crippen molar-refractivity contribution < 1.29 is 4.79 Å². The first kappa shape index (κ1) is 24.2. The highest BCUT2D eigenvalue weighted by Crippen LogP contribution is 2.27. The number of hydrogen-bond donors (Lipinski definition) is 1. The van der Waals surface area contributed by atoms with E-state index in [1.807, 2.05) is 24.3 Å². The number of aryl methyl sites for hydroxylation is 1.